The minimum atomic E-state index is 0.904. The van der Waals surface area contributed by atoms with Crippen LogP contribution in [0.15, 0.2) is 24.8 Å². The summed E-state index contributed by atoms with van der Waals surface area (Å²) in [5, 5.41) is 0.904. The fraction of sp³-hybridized carbons (Fsp3) is 0.200. The first kappa shape index (κ1) is 8.54. The van der Waals surface area contributed by atoms with Gasteiger partial charge < -0.3 is 0 Å². The highest BCUT2D eigenvalue weighted by Gasteiger charge is 1.99. The molecule has 1 heteroatoms. The Kier molecular flexibility index (Phi) is 2.89. The lowest BCUT2D eigenvalue weighted by molar-refractivity contribution is 1.31. The Balaban J connectivity index is 3.23. The number of hydrogen-bond acceptors (Lipinski definition) is 0. The summed E-state index contributed by atoms with van der Waals surface area (Å²) >= 11 is 3.45. The zero-order chi connectivity index (χ0) is 8.27. The third kappa shape index (κ3) is 1.72. The van der Waals surface area contributed by atoms with Crippen molar-refractivity contribution < 1.29 is 0 Å². The highest BCUT2D eigenvalue weighted by atomic mass is 79.9. The van der Waals surface area contributed by atoms with Crippen LogP contribution in [0.4, 0.5) is 0 Å². The molecule has 0 aliphatic heterocycles. The normalized spacial score (nSPS) is 9.64. The van der Waals surface area contributed by atoms with E-state index in [9.17, 15) is 0 Å². The lowest BCUT2D eigenvalue weighted by Crippen LogP contribution is -1.87. The molecule has 0 saturated carbocycles. The third-order valence-corrected chi connectivity index (χ3v) is 2.36. The van der Waals surface area contributed by atoms with E-state index in [1.165, 1.54) is 16.7 Å². The van der Waals surface area contributed by atoms with E-state index in [2.05, 4.69) is 47.6 Å². The fourth-order valence-corrected chi connectivity index (χ4v) is 1.86. The van der Waals surface area contributed by atoms with Crippen LogP contribution in [0.1, 0.15) is 16.7 Å². The van der Waals surface area contributed by atoms with Gasteiger partial charge >= 0.3 is 0 Å². The molecule has 0 radical (unpaired) electrons. The van der Waals surface area contributed by atoms with Gasteiger partial charge in [0.15, 0.2) is 0 Å². The zero-order valence-corrected chi connectivity index (χ0v) is 8.19. The number of hydrogen-bond donors (Lipinski definition) is 0. The topological polar surface area (TPSA) is 0 Å². The van der Waals surface area contributed by atoms with E-state index in [4.69, 9.17) is 0 Å². The summed E-state index contributed by atoms with van der Waals surface area (Å²) in [5.41, 5.74) is 3.88. The Morgan fingerprint density at radius 1 is 1.55 bits per heavy atom. The Morgan fingerprint density at radius 2 is 2.27 bits per heavy atom. The molecule has 0 unspecified atom stereocenters. The zero-order valence-electron chi connectivity index (χ0n) is 6.60. The number of rotatable bonds is 2. The van der Waals surface area contributed by atoms with Gasteiger partial charge in [-0.3, -0.25) is 0 Å². The maximum atomic E-state index is 3.76. The first-order chi connectivity index (χ1) is 5.29. The second-order valence-corrected chi connectivity index (χ2v) is 3.04. The van der Waals surface area contributed by atoms with E-state index in [1.54, 1.807) is 0 Å². The third-order valence-electron chi connectivity index (χ3n) is 1.80. The van der Waals surface area contributed by atoms with Crippen LogP contribution in [0.2, 0.25) is 0 Å². The molecule has 0 bridgehead atoms. The predicted molar refractivity (Wildman–Crippen MR) is 53.9 cm³/mol. The van der Waals surface area contributed by atoms with Crippen LogP contribution < -0.4 is 0 Å². The van der Waals surface area contributed by atoms with E-state index < -0.39 is 0 Å². The van der Waals surface area contributed by atoms with Crippen LogP contribution in [0, 0.1) is 6.92 Å². The van der Waals surface area contributed by atoms with Crippen LogP contribution in [0.25, 0.3) is 6.08 Å². The van der Waals surface area contributed by atoms with Gasteiger partial charge in [0.05, 0.1) is 0 Å². The van der Waals surface area contributed by atoms with Crippen molar-refractivity contribution in [2.75, 3.05) is 0 Å². The minimum absolute atomic E-state index is 0.904. The molecule has 58 valence electrons. The molecular formula is C10H11Br. The molecule has 0 amide bonds. The molecule has 0 nitrogen and oxygen atoms in total. The second-order valence-electron chi connectivity index (χ2n) is 2.48. The SMILES string of the molecule is C=Cc1cccc(C)c1CBr. The van der Waals surface area contributed by atoms with Crippen molar-refractivity contribution in [2.45, 2.75) is 12.3 Å². The van der Waals surface area contributed by atoms with Crippen LogP contribution >= 0.6 is 15.9 Å². The van der Waals surface area contributed by atoms with Gasteiger partial charge in [-0.2, -0.15) is 0 Å². The maximum absolute atomic E-state index is 3.76. The molecular weight excluding hydrogens is 200 g/mol. The van der Waals surface area contributed by atoms with E-state index in [1.807, 2.05) is 6.08 Å². The summed E-state index contributed by atoms with van der Waals surface area (Å²) in [7, 11) is 0. The van der Waals surface area contributed by atoms with Gasteiger partial charge in [0.2, 0.25) is 0 Å². The van der Waals surface area contributed by atoms with Gasteiger partial charge in [-0.15, -0.1) is 0 Å². The molecule has 0 N–H and O–H groups in total. The molecule has 0 spiro atoms. The Morgan fingerprint density at radius 3 is 2.73 bits per heavy atom. The molecule has 0 fully saturated rings. The van der Waals surface area contributed by atoms with Crippen molar-refractivity contribution in [3.63, 3.8) is 0 Å². The largest absolute Gasteiger partial charge is 0.0985 e. The predicted octanol–water partition coefficient (Wildman–Crippen LogP) is 3.53. The van der Waals surface area contributed by atoms with E-state index >= 15 is 0 Å². The molecule has 0 aliphatic carbocycles. The monoisotopic (exact) mass is 210 g/mol. The van der Waals surface area contributed by atoms with Gasteiger partial charge in [-0.05, 0) is 23.6 Å². The minimum Gasteiger partial charge on any atom is -0.0985 e. The number of aryl methyl sites for hydroxylation is 1. The van der Waals surface area contributed by atoms with Crippen molar-refractivity contribution in [2.24, 2.45) is 0 Å². The lowest BCUT2D eigenvalue weighted by atomic mass is 10.0. The number of benzene rings is 1. The smallest absolute Gasteiger partial charge is 0.0291 e. The molecule has 1 aromatic rings. The van der Waals surface area contributed by atoms with Crippen molar-refractivity contribution in [1.29, 1.82) is 0 Å². The highest BCUT2D eigenvalue weighted by molar-refractivity contribution is 9.08. The Bertz CT molecular complexity index is 264. The van der Waals surface area contributed by atoms with Crippen molar-refractivity contribution >= 4 is 22.0 Å². The van der Waals surface area contributed by atoms with Crippen LogP contribution in [-0.2, 0) is 5.33 Å². The van der Waals surface area contributed by atoms with Gasteiger partial charge in [0.25, 0.3) is 0 Å². The quantitative estimate of drug-likeness (QED) is 0.656. The van der Waals surface area contributed by atoms with Gasteiger partial charge in [-0.1, -0.05) is 46.8 Å². The first-order valence-electron chi connectivity index (χ1n) is 3.56. The number of halogens is 1. The highest BCUT2D eigenvalue weighted by Crippen LogP contribution is 2.17. The molecule has 0 aliphatic rings. The summed E-state index contributed by atoms with van der Waals surface area (Å²) < 4.78 is 0. The molecule has 0 saturated heterocycles. The average molecular weight is 211 g/mol. The standard InChI is InChI=1S/C10H11Br/c1-3-9-6-4-5-8(2)10(9)7-11/h3-6H,1,7H2,2H3. The average Bonchev–Trinajstić information content (AvgIpc) is 2.04. The van der Waals surface area contributed by atoms with Crippen molar-refractivity contribution in [3.8, 4) is 0 Å². The molecule has 1 aromatic carbocycles. The molecule has 0 heterocycles. The first-order valence-corrected chi connectivity index (χ1v) is 4.68. The van der Waals surface area contributed by atoms with Crippen LogP contribution in [0.3, 0.4) is 0 Å². The maximum Gasteiger partial charge on any atom is 0.0291 e. The summed E-state index contributed by atoms with van der Waals surface area (Å²) in [4.78, 5) is 0. The number of alkyl halides is 1. The van der Waals surface area contributed by atoms with Crippen LogP contribution in [-0.4, -0.2) is 0 Å². The molecule has 0 atom stereocenters. The molecule has 11 heavy (non-hydrogen) atoms. The summed E-state index contributed by atoms with van der Waals surface area (Å²) in [6, 6.07) is 6.25. The Labute approximate surface area is 76.1 Å². The summed E-state index contributed by atoms with van der Waals surface area (Å²) in [5.74, 6) is 0. The summed E-state index contributed by atoms with van der Waals surface area (Å²) in [6.45, 7) is 5.87. The van der Waals surface area contributed by atoms with Gasteiger partial charge in [-0.25, -0.2) is 0 Å². The second kappa shape index (κ2) is 3.72. The van der Waals surface area contributed by atoms with E-state index in [0.29, 0.717) is 0 Å². The van der Waals surface area contributed by atoms with E-state index in [-0.39, 0.29) is 0 Å². The lowest BCUT2D eigenvalue weighted by Gasteiger charge is -2.04. The molecule has 1 rings (SSSR count). The summed E-state index contributed by atoms with van der Waals surface area (Å²) in [6.07, 6.45) is 1.89. The van der Waals surface area contributed by atoms with Gasteiger partial charge in [0.1, 0.15) is 0 Å². The van der Waals surface area contributed by atoms with Gasteiger partial charge in [0, 0.05) is 5.33 Å². The van der Waals surface area contributed by atoms with E-state index in [0.717, 1.165) is 5.33 Å². The van der Waals surface area contributed by atoms with Crippen molar-refractivity contribution in [1.82, 2.24) is 0 Å². The fourth-order valence-electron chi connectivity index (χ4n) is 1.10. The Hall–Kier alpha value is -0.560. The molecule has 0 aromatic heterocycles. The van der Waals surface area contributed by atoms with Crippen LogP contribution in [0.5, 0.6) is 0 Å². The van der Waals surface area contributed by atoms with Crippen molar-refractivity contribution in [3.05, 3.63) is 41.5 Å².